The van der Waals surface area contributed by atoms with Crippen molar-refractivity contribution < 1.29 is 22.0 Å². The number of halogens is 6. The standard InChI is InChI=1S/C11H6BrF5N2/c12-5-6-3-7(13)10(8(14)4-6)19-2-1-9(18-19)11(15,16)17/h1-4H,5H2. The van der Waals surface area contributed by atoms with Crippen LogP contribution >= 0.6 is 15.9 Å². The van der Waals surface area contributed by atoms with Gasteiger partial charge in [-0.15, -0.1) is 0 Å². The third-order valence-electron chi connectivity index (χ3n) is 2.34. The van der Waals surface area contributed by atoms with E-state index >= 15 is 0 Å². The molecule has 0 atom stereocenters. The Kier molecular flexibility index (Phi) is 3.62. The van der Waals surface area contributed by atoms with Crippen LogP contribution in [0.15, 0.2) is 24.4 Å². The molecular formula is C11H6BrF5N2. The van der Waals surface area contributed by atoms with Crippen LogP contribution < -0.4 is 0 Å². The maximum absolute atomic E-state index is 13.7. The molecule has 0 N–H and O–H groups in total. The van der Waals surface area contributed by atoms with Gasteiger partial charge in [0.05, 0.1) is 0 Å². The van der Waals surface area contributed by atoms with E-state index in [1.807, 2.05) is 0 Å². The van der Waals surface area contributed by atoms with Crippen LogP contribution in [0.5, 0.6) is 0 Å². The monoisotopic (exact) mass is 340 g/mol. The summed E-state index contributed by atoms with van der Waals surface area (Å²) in [5.41, 5.74) is -1.52. The van der Waals surface area contributed by atoms with Gasteiger partial charge in [0.15, 0.2) is 17.3 Å². The molecule has 19 heavy (non-hydrogen) atoms. The largest absolute Gasteiger partial charge is 0.435 e. The molecule has 1 aromatic carbocycles. The van der Waals surface area contributed by atoms with E-state index in [1.54, 1.807) is 0 Å². The van der Waals surface area contributed by atoms with E-state index in [9.17, 15) is 22.0 Å². The smallest absolute Gasteiger partial charge is 0.234 e. The Balaban J connectivity index is 2.51. The summed E-state index contributed by atoms with van der Waals surface area (Å²) in [6.45, 7) is 0. The minimum absolute atomic E-state index is 0.230. The zero-order valence-electron chi connectivity index (χ0n) is 9.18. The van der Waals surface area contributed by atoms with E-state index in [4.69, 9.17) is 0 Å². The number of nitrogens with zero attached hydrogens (tertiary/aromatic N) is 2. The fourth-order valence-corrected chi connectivity index (χ4v) is 1.84. The molecule has 2 aromatic rings. The molecule has 0 unspecified atom stereocenters. The maximum atomic E-state index is 13.7. The Morgan fingerprint density at radius 2 is 1.74 bits per heavy atom. The summed E-state index contributed by atoms with van der Waals surface area (Å²) in [6.07, 6.45) is -3.80. The van der Waals surface area contributed by atoms with Gasteiger partial charge in [-0.2, -0.15) is 18.3 Å². The third kappa shape index (κ3) is 2.78. The van der Waals surface area contributed by atoms with Crippen molar-refractivity contribution in [3.05, 3.63) is 47.3 Å². The molecule has 0 saturated carbocycles. The quantitative estimate of drug-likeness (QED) is 0.595. The number of aromatic nitrogens is 2. The van der Waals surface area contributed by atoms with Gasteiger partial charge in [0.2, 0.25) is 0 Å². The Labute approximate surface area is 113 Å². The number of benzene rings is 1. The molecule has 0 aliphatic heterocycles. The topological polar surface area (TPSA) is 17.8 Å². The lowest BCUT2D eigenvalue weighted by Gasteiger charge is -2.07. The Morgan fingerprint density at radius 1 is 1.16 bits per heavy atom. The molecule has 0 fully saturated rings. The van der Waals surface area contributed by atoms with Crippen molar-refractivity contribution in [2.45, 2.75) is 11.5 Å². The van der Waals surface area contributed by atoms with E-state index < -0.39 is 29.2 Å². The van der Waals surface area contributed by atoms with Crippen LogP contribution in [0.2, 0.25) is 0 Å². The number of hydrogen-bond acceptors (Lipinski definition) is 1. The zero-order chi connectivity index (χ0) is 14.2. The summed E-state index contributed by atoms with van der Waals surface area (Å²) >= 11 is 3.03. The molecule has 0 aliphatic carbocycles. The second-order valence-corrected chi connectivity index (χ2v) is 4.25. The zero-order valence-corrected chi connectivity index (χ0v) is 10.8. The van der Waals surface area contributed by atoms with Crippen LogP contribution in [0.3, 0.4) is 0 Å². The summed E-state index contributed by atoms with van der Waals surface area (Å²) in [5.74, 6) is -1.96. The molecular weight excluding hydrogens is 335 g/mol. The molecule has 8 heteroatoms. The lowest BCUT2D eigenvalue weighted by atomic mass is 10.2. The van der Waals surface area contributed by atoms with Crippen molar-refractivity contribution in [1.29, 1.82) is 0 Å². The van der Waals surface area contributed by atoms with Crippen LogP contribution in [-0.4, -0.2) is 9.78 Å². The van der Waals surface area contributed by atoms with Gasteiger partial charge >= 0.3 is 6.18 Å². The first-order valence-corrected chi connectivity index (χ1v) is 6.12. The van der Waals surface area contributed by atoms with Crippen LogP contribution in [-0.2, 0) is 11.5 Å². The normalized spacial score (nSPS) is 11.9. The number of alkyl halides is 4. The highest BCUT2D eigenvalue weighted by molar-refractivity contribution is 9.08. The van der Waals surface area contributed by atoms with E-state index in [0.29, 0.717) is 16.3 Å². The molecule has 1 heterocycles. The van der Waals surface area contributed by atoms with Crippen LogP contribution in [0, 0.1) is 11.6 Å². The van der Waals surface area contributed by atoms with Crippen LogP contribution in [0.1, 0.15) is 11.3 Å². The molecule has 1 aromatic heterocycles. The van der Waals surface area contributed by atoms with E-state index in [2.05, 4.69) is 21.0 Å². The lowest BCUT2D eigenvalue weighted by Crippen LogP contribution is -2.09. The number of hydrogen-bond donors (Lipinski definition) is 0. The van der Waals surface area contributed by atoms with Crippen LogP contribution in [0.25, 0.3) is 5.69 Å². The van der Waals surface area contributed by atoms with Gasteiger partial charge in [-0.25, -0.2) is 13.5 Å². The molecule has 0 saturated heterocycles. The highest BCUT2D eigenvalue weighted by Crippen LogP contribution is 2.29. The first-order chi connectivity index (χ1) is 8.82. The van der Waals surface area contributed by atoms with Gasteiger partial charge in [0.1, 0.15) is 5.69 Å². The van der Waals surface area contributed by atoms with Gasteiger partial charge in [-0.05, 0) is 23.8 Å². The van der Waals surface area contributed by atoms with Crippen molar-refractivity contribution in [1.82, 2.24) is 9.78 Å². The average molecular weight is 341 g/mol. The first-order valence-electron chi connectivity index (χ1n) is 5.00. The van der Waals surface area contributed by atoms with Gasteiger partial charge < -0.3 is 0 Å². The van der Waals surface area contributed by atoms with Crippen molar-refractivity contribution in [3.63, 3.8) is 0 Å². The second kappa shape index (κ2) is 4.92. The van der Waals surface area contributed by atoms with Gasteiger partial charge in [0.25, 0.3) is 0 Å². The van der Waals surface area contributed by atoms with Crippen molar-refractivity contribution in [3.8, 4) is 5.69 Å². The van der Waals surface area contributed by atoms with E-state index in [1.165, 1.54) is 0 Å². The summed E-state index contributed by atoms with van der Waals surface area (Å²) < 4.78 is 65.0. The lowest BCUT2D eigenvalue weighted by molar-refractivity contribution is -0.141. The minimum Gasteiger partial charge on any atom is -0.234 e. The highest BCUT2D eigenvalue weighted by Gasteiger charge is 2.34. The SMILES string of the molecule is Fc1cc(CBr)cc(F)c1-n1ccc(C(F)(F)F)n1. The molecule has 0 bridgehead atoms. The molecule has 0 spiro atoms. The van der Waals surface area contributed by atoms with E-state index in [0.717, 1.165) is 18.3 Å². The Bertz CT molecular complexity index is 582. The number of rotatable bonds is 2. The second-order valence-electron chi connectivity index (χ2n) is 3.69. The summed E-state index contributed by atoms with van der Waals surface area (Å²) in [7, 11) is 0. The van der Waals surface area contributed by atoms with Crippen LogP contribution in [0.4, 0.5) is 22.0 Å². The third-order valence-corrected chi connectivity index (χ3v) is 2.99. The molecule has 2 nitrogen and oxygen atoms in total. The van der Waals surface area contributed by atoms with Crippen molar-refractivity contribution in [2.24, 2.45) is 0 Å². The molecule has 0 radical (unpaired) electrons. The van der Waals surface area contributed by atoms with Gasteiger partial charge in [-0.3, -0.25) is 0 Å². The molecule has 0 aliphatic rings. The minimum atomic E-state index is -4.66. The van der Waals surface area contributed by atoms with Gasteiger partial charge in [-0.1, -0.05) is 15.9 Å². The van der Waals surface area contributed by atoms with Gasteiger partial charge in [0, 0.05) is 11.5 Å². The summed E-state index contributed by atoms with van der Waals surface area (Å²) in [5, 5.41) is 3.36. The molecule has 2 rings (SSSR count). The predicted molar refractivity (Wildman–Crippen MR) is 61.1 cm³/mol. The molecule has 102 valence electrons. The van der Waals surface area contributed by atoms with Crippen molar-refractivity contribution >= 4 is 15.9 Å². The predicted octanol–water partition coefficient (Wildman–Crippen LogP) is 4.06. The summed E-state index contributed by atoms with van der Waals surface area (Å²) in [4.78, 5) is 0. The maximum Gasteiger partial charge on any atom is 0.435 e. The fourth-order valence-electron chi connectivity index (χ4n) is 1.51. The fraction of sp³-hybridized carbons (Fsp3) is 0.182. The van der Waals surface area contributed by atoms with E-state index in [-0.39, 0.29) is 5.33 Å². The Morgan fingerprint density at radius 3 is 2.16 bits per heavy atom. The molecule has 0 amide bonds. The average Bonchev–Trinajstić information content (AvgIpc) is 2.76. The first kappa shape index (κ1) is 14.0. The Hall–Kier alpha value is -1.44. The van der Waals surface area contributed by atoms with Crippen molar-refractivity contribution in [2.75, 3.05) is 0 Å². The summed E-state index contributed by atoms with van der Waals surface area (Å²) in [6, 6.07) is 2.71. The highest BCUT2D eigenvalue weighted by atomic mass is 79.9.